The Balaban J connectivity index is 2.23. The van der Waals surface area contributed by atoms with Gasteiger partial charge in [0, 0.05) is 18.5 Å². The SMILES string of the molecule is O=C(O)CCCn1nnnc1-c1cccc(C(F)(F)F)c1. The quantitative estimate of drug-likeness (QED) is 0.915. The first-order chi connectivity index (χ1) is 9.88. The van der Waals surface area contributed by atoms with Crippen molar-refractivity contribution in [1.82, 2.24) is 20.2 Å². The van der Waals surface area contributed by atoms with Crippen LogP contribution in [-0.2, 0) is 17.5 Å². The van der Waals surface area contributed by atoms with Gasteiger partial charge in [0.25, 0.3) is 0 Å². The van der Waals surface area contributed by atoms with Gasteiger partial charge in [-0.05, 0) is 29.0 Å². The fourth-order valence-electron chi connectivity index (χ4n) is 1.78. The highest BCUT2D eigenvalue weighted by Crippen LogP contribution is 2.31. The second kappa shape index (κ2) is 5.90. The van der Waals surface area contributed by atoms with E-state index < -0.39 is 17.7 Å². The van der Waals surface area contributed by atoms with Crippen LogP contribution in [0.1, 0.15) is 18.4 Å². The van der Waals surface area contributed by atoms with Crippen LogP contribution in [-0.4, -0.2) is 31.3 Å². The molecule has 1 heterocycles. The van der Waals surface area contributed by atoms with Crippen LogP contribution in [0.5, 0.6) is 0 Å². The molecular weight excluding hydrogens is 289 g/mol. The van der Waals surface area contributed by atoms with Gasteiger partial charge in [-0.2, -0.15) is 13.2 Å². The molecule has 0 aliphatic heterocycles. The van der Waals surface area contributed by atoms with Gasteiger partial charge < -0.3 is 5.11 Å². The van der Waals surface area contributed by atoms with E-state index >= 15 is 0 Å². The fourth-order valence-corrected chi connectivity index (χ4v) is 1.78. The average molecular weight is 300 g/mol. The van der Waals surface area contributed by atoms with E-state index in [1.165, 1.54) is 16.8 Å². The number of hydrogen-bond acceptors (Lipinski definition) is 4. The number of aromatic nitrogens is 4. The van der Waals surface area contributed by atoms with Crippen molar-refractivity contribution in [2.75, 3.05) is 0 Å². The second-order valence-electron chi connectivity index (χ2n) is 4.30. The first-order valence-electron chi connectivity index (χ1n) is 6.03. The Bertz CT molecular complexity index is 639. The standard InChI is InChI=1S/C12H11F3N4O2/c13-12(14,15)9-4-1-3-8(7-9)11-16-17-18-19(11)6-2-5-10(20)21/h1,3-4,7H,2,5-6H2,(H,20,21). The van der Waals surface area contributed by atoms with E-state index in [0.717, 1.165) is 12.1 Å². The predicted octanol–water partition coefficient (Wildman–Crippen LogP) is 2.22. The lowest BCUT2D eigenvalue weighted by molar-refractivity contribution is -0.138. The van der Waals surface area contributed by atoms with Crippen LogP contribution < -0.4 is 0 Å². The zero-order valence-electron chi connectivity index (χ0n) is 10.7. The summed E-state index contributed by atoms with van der Waals surface area (Å²) in [5.74, 6) is -0.782. The molecule has 0 unspecified atom stereocenters. The van der Waals surface area contributed by atoms with E-state index in [4.69, 9.17) is 5.11 Å². The highest BCUT2D eigenvalue weighted by atomic mass is 19.4. The Morgan fingerprint density at radius 1 is 1.33 bits per heavy atom. The smallest absolute Gasteiger partial charge is 0.416 e. The number of nitrogens with zero attached hydrogens (tertiary/aromatic N) is 4. The Morgan fingerprint density at radius 3 is 2.76 bits per heavy atom. The molecule has 9 heteroatoms. The first kappa shape index (κ1) is 14.9. The summed E-state index contributed by atoms with van der Waals surface area (Å²) >= 11 is 0. The Kier molecular flexibility index (Phi) is 4.20. The number of carbonyl (C=O) groups is 1. The number of carboxylic acids is 1. The molecule has 1 aromatic carbocycles. The number of aryl methyl sites for hydroxylation is 1. The van der Waals surface area contributed by atoms with Gasteiger partial charge in [0.2, 0.25) is 0 Å². The molecule has 0 spiro atoms. The summed E-state index contributed by atoms with van der Waals surface area (Å²) in [6, 6.07) is 4.66. The maximum Gasteiger partial charge on any atom is 0.416 e. The zero-order valence-corrected chi connectivity index (χ0v) is 10.7. The van der Waals surface area contributed by atoms with Gasteiger partial charge in [0.1, 0.15) is 0 Å². The molecule has 1 N–H and O–H groups in total. The van der Waals surface area contributed by atoms with Gasteiger partial charge in [-0.25, -0.2) is 4.68 Å². The van der Waals surface area contributed by atoms with E-state index in [1.807, 2.05) is 0 Å². The van der Waals surface area contributed by atoms with Gasteiger partial charge in [0.05, 0.1) is 5.56 Å². The molecule has 0 atom stereocenters. The molecule has 2 rings (SSSR count). The minimum atomic E-state index is -4.45. The van der Waals surface area contributed by atoms with Gasteiger partial charge in [-0.3, -0.25) is 4.79 Å². The van der Waals surface area contributed by atoms with E-state index in [-0.39, 0.29) is 30.8 Å². The van der Waals surface area contributed by atoms with Crippen molar-refractivity contribution < 1.29 is 23.1 Å². The maximum absolute atomic E-state index is 12.7. The lowest BCUT2D eigenvalue weighted by Gasteiger charge is -2.08. The molecule has 6 nitrogen and oxygen atoms in total. The minimum absolute atomic E-state index is 0.0676. The third kappa shape index (κ3) is 3.77. The summed E-state index contributed by atoms with van der Waals surface area (Å²) in [5, 5.41) is 19.3. The first-order valence-corrected chi connectivity index (χ1v) is 6.03. The fraction of sp³-hybridized carbons (Fsp3) is 0.333. The van der Waals surface area contributed by atoms with Crippen molar-refractivity contribution in [2.24, 2.45) is 0 Å². The molecule has 0 fully saturated rings. The van der Waals surface area contributed by atoms with Crippen LogP contribution in [0.3, 0.4) is 0 Å². The van der Waals surface area contributed by atoms with Crippen molar-refractivity contribution in [3.8, 4) is 11.4 Å². The van der Waals surface area contributed by atoms with Crippen LogP contribution in [0.25, 0.3) is 11.4 Å². The monoisotopic (exact) mass is 300 g/mol. The van der Waals surface area contributed by atoms with Crippen LogP contribution in [0.2, 0.25) is 0 Å². The summed E-state index contributed by atoms with van der Waals surface area (Å²) in [7, 11) is 0. The van der Waals surface area contributed by atoms with Crippen molar-refractivity contribution >= 4 is 5.97 Å². The lowest BCUT2D eigenvalue weighted by atomic mass is 10.1. The molecule has 0 amide bonds. The van der Waals surface area contributed by atoms with Gasteiger partial charge >= 0.3 is 12.1 Å². The molecule has 112 valence electrons. The van der Waals surface area contributed by atoms with Crippen molar-refractivity contribution in [2.45, 2.75) is 25.6 Å². The van der Waals surface area contributed by atoms with Gasteiger partial charge in [-0.15, -0.1) is 5.10 Å². The number of alkyl halides is 3. The largest absolute Gasteiger partial charge is 0.481 e. The van der Waals surface area contributed by atoms with E-state index in [9.17, 15) is 18.0 Å². The predicted molar refractivity (Wildman–Crippen MR) is 65.1 cm³/mol. The number of halogens is 3. The van der Waals surface area contributed by atoms with Crippen LogP contribution in [0.4, 0.5) is 13.2 Å². The number of tetrazole rings is 1. The maximum atomic E-state index is 12.7. The Hall–Kier alpha value is -2.45. The molecular formula is C12H11F3N4O2. The minimum Gasteiger partial charge on any atom is -0.481 e. The van der Waals surface area contributed by atoms with Crippen LogP contribution >= 0.6 is 0 Å². The molecule has 2 aromatic rings. The average Bonchev–Trinajstić information content (AvgIpc) is 2.86. The molecule has 21 heavy (non-hydrogen) atoms. The highest BCUT2D eigenvalue weighted by molar-refractivity contribution is 5.66. The van der Waals surface area contributed by atoms with Crippen molar-refractivity contribution in [3.05, 3.63) is 29.8 Å². The number of hydrogen-bond donors (Lipinski definition) is 1. The third-order valence-electron chi connectivity index (χ3n) is 2.74. The van der Waals surface area contributed by atoms with Crippen LogP contribution in [0.15, 0.2) is 24.3 Å². The molecule has 0 aliphatic carbocycles. The summed E-state index contributed by atoms with van der Waals surface area (Å²) in [4.78, 5) is 10.5. The molecule has 0 saturated carbocycles. The lowest BCUT2D eigenvalue weighted by Crippen LogP contribution is -2.07. The van der Waals surface area contributed by atoms with E-state index in [2.05, 4.69) is 15.5 Å². The third-order valence-corrected chi connectivity index (χ3v) is 2.74. The Labute approximate surface area is 117 Å². The molecule has 0 saturated heterocycles. The number of rotatable bonds is 5. The molecule has 0 bridgehead atoms. The van der Waals surface area contributed by atoms with Crippen molar-refractivity contribution in [1.29, 1.82) is 0 Å². The number of aliphatic carboxylic acids is 1. The summed E-state index contributed by atoms with van der Waals surface area (Å²) in [6.45, 7) is 0.213. The van der Waals surface area contributed by atoms with Gasteiger partial charge in [0.15, 0.2) is 5.82 Å². The highest BCUT2D eigenvalue weighted by Gasteiger charge is 2.30. The molecule has 0 radical (unpaired) electrons. The summed E-state index contributed by atoms with van der Waals surface area (Å²) in [5.41, 5.74) is -0.565. The zero-order chi connectivity index (χ0) is 15.5. The Morgan fingerprint density at radius 2 is 2.10 bits per heavy atom. The van der Waals surface area contributed by atoms with Crippen LogP contribution in [0, 0.1) is 0 Å². The molecule has 0 aliphatic rings. The topological polar surface area (TPSA) is 80.9 Å². The normalized spacial score (nSPS) is 11.6. The van der Waals surface area contributed by atoms with Crippen molar-refractivity contribution in [3.63, 3.8) is 0 Å². The van der Waals surface area contributed by atoms with E-state index in [0.29, 0.717) is 0 Å². The number of carboxylic acid groups (broad SMARTS) is 1. The molecule has 1 aromatic heterocycles. The second-order valence-corrected chi connectivity index (χ2v) is 4.30. The summed E-state index contributed by atoms with van der Waals surface area (Å²) < 4.78 is 39.3. The number of benzene rings is 1. The summed E-state index contributed by atoms with van der Waals surface area (Å²) in [6.07, 6.45) is -4.23. The van der Waals surface area contributed by atoms with E-state index in [1.54, 1.807) is 0 Å². The van der Waals surface area contributed by atoms with Gasteiger partial charge in [-0.1, -0.05) is 12.1 Å².